The monoisotopic (exact) mass is 229 g/mol. The Morgan fingerprint density at radius 1 is 1.47 bits per heavy atom. The normalized spacial score (nSPS) is 20.5. The summed E-state index contributed by atoms with van der Waals surface area (Å²) in [5.74, 6) is 0.160. The SMILES string of the molecule is Cn1ncc2cc(C3CCCNC3=O)ccc21. The number of carbonyl (C=O) groups is 1. The Morgan fingerprint density at radius 3 is 3.18 bits per heavy atom. The number of nitrogens with zero attached hydrogens (tertiary/aromatic N) is 2. The number of aryl methyl sites for hydroxylation is 1. The third-order valence-electron chi connectivity index (χ3n) is 3.46. The van der Waals surface area contributed by atoms with E-state index in [9.17, 15) is 4.79 Å². The van der Waals surface area contributed by atoms with E-state index in [0.29, 0.717) is 0 Å². The lowest BCUT2D eigenvalue weighted by Crippen LogP contribution is -2.34. The average Bonchev–Trinajstić information content (AvgIpc) is 2.71. The first-order valence-electron chi connectivity index (χ1n) is 5.95. The first kappa shape index (κ1) is 10.3. The van der Waals surface area contributed by atoms with E-state index < -0.39 is 0 Å². The number of aromatic nitrogens is 2. The molecule has 1 saturated heterocycles. The highest BCUT2D eigenvalue weighted by Crippen LogP contribution is 2.26. The van der Waals surface area contributed by atoms with Crippen LogP contribution in [0.5, 0.6) is 0 Å². The number of nitrogens with one attached hydrogen (secondary N) is 1. The van der Waals surface area contributed by atoms with Crippen molar-refractivity contribution in [2.45, 2.75) is 18.8 Å². The highest BCUT2D eigenvalue weighted by molar-refractivity contribution is 5.87. The minimum Gasteiger partial charge on any atom is -0.356 e. The number of rotatable bonds is 1. The Balaban J connectivity index is 2.02. The van der Waals surface area contributed by atoms with Crippen LogP contribution in [0.25, 0.3) is 10.9 Å². The van der Waals surface area contributed by atoms with Crippen LogP contribution in [0.2, 0.25) is 0 Å². The maximum absolute atomic E-state index is 11.8. The second-order valence-electron chi connectivity index (χ2n) is 4.57. The summed E-state index contributed by atoms with van der Waals surface area (Å²) in [4.78, 5) is 11.8. The topological polar surface area (TPSA) is 46.9 Å². The van der Waals surface area contributed by atoms with Crippen LogP contribution in [-0.2, 0) is 11.8 Å². The van der Waals surface area contributed by atoms with Crippen LogP contribution in [0.1, 0.15) is 24.3 Å². The second kappa shape index (κ2) is 3.87. The van der Waals surface area contributed by atoms with Crippen LogP contribution in [0.15, 0.2) is 24.4 Å². The Morgan fingerprint density at radius 2 is 2.35 bits per heavy atom. The molecular weight excluding hydrogens is 214 g/mol. The van der Waals surface area contributed by atoms with Crippen LogP contribution in [0, 0.1) is 0 Å². The van der Waals surface area contributed by atoms with Gasteiger partial charge in [0.1, 0.15) is 0 Å². The van der Waals surface area contributed by atoms with E-state index in [-0.39, 0.29) is 11.8 Å². The summed E-state index contributed by atoms with van der Waals surface area (Å²) < 4.78 is 1.85. The first-order valence-corrected chi connectivity index (χ1v) is 5.95. The molecule has 1 aliphatic rings. The van der Waals surface area contributed by atoms with Gasteiger partial charge < -0.3 is 5.32 Å². The van der Waals surface area contributed by atoms with Crippen molar-refractivity contribution in [1.29, 1.82) is 0 Å². The van der Waals surface area contributed by atoms with Crippen molar-refractivity contribution < 1.29 is 4.79 Å². The van der Waals surface area contributed by atoms with Gasteiger partial charge in [0, 0.05) is 19.0 Å². The summed E-state index contributed by atoms with van der Waals surface area (Å²) in [7, 11) is 1.93. The molecule has 1 atom stereocenters. The highest BCUT2D eigenvalue weighted by atomic mass is 16.1. The van der Waals surface area contributed by atoms with Gasteiger partial charge in [-0.15, -0.1) is 0 Å². The zero-order valence-electron chi connectivity index (χ0n) is 9.81. The fraction of sp³-hybridized carbons (Fsp3) is 0.385. The largest absolute Gasteiger partial charge is 0.356 e. The predicted octanol–water partition coefficient (Wildman–Crippen LogP) is 1.57. The van der Waals surface area contributed by atoms with Gasteiger partial charge in [-0.05, 0) is 30.5 Å². The average molecular weight is 229 g/mol. The minimum absolute atomic E-state index is 0.00774. The number of benzene rings is 1. The first-order chi connectivity index (χ1) is 8.25. The molecular formula is C13H15N3O. The molecule has 0 bridgehead atoms. The van der Waals surface area contributed by atoms with Gasteiger partial charge in [0.15, 0.2) is 0 Å². The van der Waals surface area contributed by atoms with Crippen LogP contribution in [0.3, 0.4) is 0 Å². The lowest BCUT2D eigenvalue weighted by Gasteiger charge is -2.22. The fourth-order valence-corrected chi connectivity index (χ4v) is 2.49. The molecule has 17 heavy (non-hydrogen) atoms. The fourth-order valence-electron chi connectivity index (χ4n) is 2.49. The van der Waals surface area contributed by atoms with E-state index in [2.05, 4.69) is 16.5 Å². The van der Waals surface area contributed by atoms with E-state index in [4.69, 9.17) is 0 Å². The van der Waals surface area contributed by atoms with Crippen molar-refractivity contribution in [2.75, 3.05) is 6.54 Å². The molecule has 0 spiro atoms. The zero-order chi connectivity index (χ0) is 11.8. The van der Waals surface area contributed by atoms with E-state index in [1.807, 2.05) is 30.1 Å². The molecule has 2 aromatic rings. The Kier molecular flexibility index (Phi) is 2.35. The molecule has 4 heteroatoms. The van der Waals surface area contributed by atoms with E-state index in [1.165, 1.54) is 0 Å². The van der Waals surface area contributed by atoms with Crippen molar-refractivity contribution in [3.05, 3.63) is 30.0 Å². The van der Waals surface area contributed by atoms with Crippen molar-refractivity contribution in [3.8, 4) is 0 Å². The molecule has 1 unspecified atom stereocenters. The van der Waals surface area contributed by atoms with Crippen molar-refractivity contribution in [2.24, 2.45) is 7.05 Å². The van der Waals surface area contributed by atoms with Crippen molar-refractivity contribution in [3.63, 3.8) is 0 Å². The van der Waals surface area contributed by atoms with Gasteiger partial charge in [-0.2, -0.15) is 5.10 Å². The summed E-state index contributed by atoms with van der Waals surface area (Å²) >= 11 is 0. The number of carbonyl (C=O) groups excluding carboxylic acids is 1. The molecule has 3 rings (SSSR count). The van der Waals surface area contributed by atoms with Crippen molar-refractivity contribution in [1.82, 2.24) is 15.1 Å². The summed E-state index contributed by atoms with van der Waals surface area (Å²) in [6.07, 6.45) is 3.85. The van der Waals surface area contributed by atoms with Gasteiger partial charge in [-0.3, -0.25) is 9.48 Å². The summed E-state index contributed by atoms with van der Waals surface area (Å²) in [6.45, 7) is 0.810. The number of hydrogen-bond donors (Lipinski definition) is 1. The quantitative estimate of drug-likeness (QED) is 0.806. The smallest absolute Gasteiger partial charge is 0.227 e. The highest BCUT2D eigenvalue weighted by Gasteiger charge is 2.23. The number of piperidine rings is 1. The third kappa shape index (κ3) is 1.69. The molecule has 4 nitrogen and oxygen atoms in total. The molecule has 1 aromatic carbocycles. The maximum atomic E-state index is 11.8. The van der Waals surface area contributed by atoms with Gasteiger partial charge in [-0.25, -0.2) is 0 Å². The minimum atomic E-state index is 0.00774. The number of hydrogen-bond acceptors (Lipinski definition) is 2. The second-order valence-corrected chi connectivity index (χ2v) is 4.57. The van der Waals surface area contributed by atoms with E-state index >= 15 is 0 Å². The summed E-state index contributed by atoms with van der Waals surface area (Å²) in [5.41, 5.74) is 2.20. The summed E-state index contributed by atoms with van der Waals surface area (Å²) in [5, 5.41) is 8.24. The Hall–Kier alpha value is -1.84. The van der Waals surface area contributed by atoms with E-state index in [0.717, 1.165) is 35.9 Å². The number of amides is 1. The lowest BCUT2D eigenvalue weighted by atomic mass is 9.90. The van der Waals surface area contributed by atoms with Crippen LogP contribution >= 0.6 is 0 Å². The molecule has 1 aliphatic heterocycles. The van der Waals surface area contributed by atoms with Gasteiger partial charge >= 0.3 is 0 Å². The van der Waals surface area contributed by atoms with Gasteiger partial charge in [-0.1, -0.05) is 6.07 Å². The maximum Gasteiger partial charge on any atom is 0.227 e. The Bertz CT molecular complexity index is 573. The zero-order valence-corrected chi connectivity index (χ0v) is 9.81. The molecule has 1 aromatic heterocycles. The van der Waals surface area contributed by atoms with Gasteiger partial charge in [0.05, 0.1) is 17.6 Å². The molecule has 1 amide bonds. The molecule has 0 radical (unpaired) electrons. The van der Waals surface area contributed by atoms with Gasteiger partial charge in [0.25, 0.3) is 0 Å². The number of fused-ring (bicyclic) bond motifs is 1. The van der Waals surface area contributed by atoms with Crippen LogP contribution in [-0.4, -0.2) is 22.2 Å². The van der Waals surface area contributed by atoms with E-state index in [1.54, 1.807) is 0 Å². The lowest BCUT2D eigenvalue weighted by molar-refractivity contribution is -0.123. The third-order valence-corrected chi connectivity index (χ3v) is 3.46. The molecule has 1 N–H and O–H groups in total. The summed E-state index contributed by atoms with van der Waals surface area (Å²) in [6, 6.07) is 6.16. The van der Waals surface area contributed by atoms with Gasteiger partial charge in [0.2, 0.25) is 5.91 Å². The van der Waals surface area contributed by atoms with Crippen LogP contribution < -0.4 is 5.32 Å². The molecule has 2 heterocycles. The Labute approximate surface area is 99.6 Å². The molecule has 88 valence electrons. The van der Waals surface area contributed by atoms with Crippen molar-refractivity contribution >= 4 is 16.8 Å². The predicted molar refractivity (Wildman–Crippen MR) is 65.7 cm³/mol. The molecule has 1 fully saturated rings. The molecule has 0 saturated carbocycles. The molecule has 0 aliphatic carbocycles. The van der Waals surface area contributed by atoms with Crippen LogP contribution in [0.4, 0.5) is 0 Å². The standard InChI is InChI=1S/C13H15N3O/c1-16-12-5-4-9(7-10(12)8-15-16)11-3-2-6-14-13(11)17/h4-5,7-8,11H,2-3,6H2,1H3,(H,14,17).